The summed E-state index contributed by atoms with van der Waals surface area (Å²) in [4.78, 5) is 27.8. The molecule has 0 fully saturated rings. The van der Waals surface area contributed by atoms with Gasteiger partial charge in [0.1, 0.15) is 17.6 Å². The van der Waals surface area contributed by atoms with Crippen molar-refractivity contribution in [3.8, 4) is 5.75 Å². The number of hydrogen-bond acceptors (Lipinski definition) is 5. The number of nitrogens with zero attached hydrogens (tertiary/aromatic N) is 2. The van der Waals surface area contributed by atoms with Gasteiger partial charge >= 0.3 is 0 Å². The maximum atomic E-state index is 13.4. The van der Waals surface area contributed by atoms with Crippen LogP contribution in [0.1, 0.15) is 52.5 Å². The summed E-state index contributed by atoms with van der Waals surface area (Å²) < 4.78 is 45.5. The van der Waals surface area contributed by atoms with Crippen LogP contribution in [-0.2, 0) is 26.2 Å². The lowest BCUT2D eigenvalue weighted by Gasteiger charge is -2.31. The van der Waals surface area contributed by atoms with E-state index in [1.165, 1.54) is 21.3 Å². The van der Waals surface area contributed by atoms with E-state index in [1.54, 1.807) is 36.4 Å². The minimum Gasteiger partial charge on any atom is -0.492 e. The first-order valence-corrected chi connectivity index (χ1v) is 14.4. The molecule has 2 amide bonds. The van der Waals surface area contributed by atoms with Crippen LogP contribution >= 0.6 is 0 Å². The fourth-order valence-electron chi connectivity index (χ4n) is 4.01. The number of rotatable bonds is 14. The molecule has 0 spiro atoms. The average Bonchev–Trinajstić information content (AvgIpc) is 2.82. The van der Waals surface area contributed by atoms with Gasteiger partial charge in [0.05, 0.1) is 18.6 Å². The Morgan fingerprint density at radius 2 is 1.70 bits per heavy atom. The van der Waals surface area contributed by atoms with E-state index in [-0.39, 0.29) is 49.6 Å². The Morgan fingerprint density at radius 1 is 1.05 bits per heavy atom. The monoisotopic (exact) mass is 535 g/mol. The SMILES string of the molecule is CCOc1ccccc1N(CCCC(=O)N(Cc1ccc(F)cc1)[C@@H](CC)C(=O)NC(C)C)S(C)(=O)=O. The topological polar surface area (TPSA) is 96.0 Å². The number of hydrogen-bond donors (Lipinski definition) is 1. The summed E-state index contributed by atoms with van der Waals surface area (Å²) in [5, 5.41) is 2.86. The Balaban J connectivity index is 2.24. The molecule has 0 radical (unpaired) electrons. The Kier molecular flexibility index (Phi) is 11.4. The van der Waals surface area contributed by atoms with E-state index in [1.807, 2.05) is 27.7 Å². The van der Waals surface area contributed by atoms with E-state index in [4.69, 9.17) is 4.74 Å². The number of carbonyl (C=O) groups excluding carboxylic acids is 2. The molecule has 0 heterocycles. The van der Waals surface area contributed by atoms with Crippen LogP contribution in [-0.4, -0.2) is 56.6 Å². The number of para-hydroxylation sites is 2. The first-order valence-electron chi connectivity index (χ1n) is 12.5. The van der Waals surface area contributed by atoms with E-state index >= 15 is 0 Å². The zero-order chi connectivity index (χ0) is 27.6. The summed E-state index contributed by atoms with van der Waals surface area (Å²) >= 11 is 0. The second-order valence-corrected chi connectivity index (χ2v) is 11.0. The van der Waals surface area contributed by atoms with Gasteiger partial charge in [-0.25, -0.2) is 12.8 Å². The molecule has 0 saturated carbocycles. The fraction of sp³-hybridized carbons (Fsp3) is 0.481. The van der Waals surface area contributed by atoms with Gasteiger partial charge in [0.25, 0.3) is 0 Å². The molecule has 0 unspecified atom stereocenters. The third-order valence-electron chi connectivity index (χ3n) is 5.67. The van der Waals surface area contributed by atoms with Gasteiger partial charge in [-0.1, -0.05) is 31.2 Å². The third kappa shape index (κ3) is 9.03. The summed E-state index contributed by atoms with van der Waals surface area (Å²) in [5.41, 5.74) is 1.10. The molecule has 0 aliphatic carbocycles. The molecule has 2 aromatic rings. The van der Waals surface area contributed by atoms with Crippen molar-refractivity contribution in [3.63, 3.8) is 0 Å². The molecule has 0 aliphatic rings. The maximum absolute atomic E-state index is 13.4. The molecule has 37 heavy (non-hydrogen) atoms. The number of sulfonamides is 1. The number of halogens is 1. The molecule has 2 aromatic carbocycles. The lowest BCUT2D eigenvalue weighted by atomic mass is 10.1. The minimum absolute atomic E-state index is 0.0233. The number of ether oxygens (including phenoxy) is 1. The Hall–Kier alpha value is -3.14. The molecule has 8 nitrogen and oxygen atoms in total. The molecule has 0 aliphatic heterocycles. The van der Waals surface area contributed by atoms with Crippen LogP contribution in [0.25, 0.3) is 0 Å². The highest BCUT2D eigenvalue weighted by Crippen LogP contribution is 2.30. The highest BCUT2D eigenvalue weighted by molar-refractivity contribution is 7.92. The summed E-state index contributed by atoms with van der Waals surface area (Å²) in [5.74, 6) is -0.506. The van der Waals surface area contributed by atoms with Crippen LogP contribution < -0.4 is 14.4 Å². The number of nitrogens with one attached hydrogen (secondary N) is 1. The molecule has 0 aromatic heterocycles. The quantitative estimate of drug-likeness (QED) is 0.393. The molecule has 10 heteroatoms. The molecule has 0 saturated heterocycles. The van der Waals surface area contributed by atoms with Gasteiger partial charge in [-0.05, 0) is 63.4 Å². The van der Waals surface area contributed by atoms with Gasteiger partial charge in [0.2, 0.25) is 21.8 Å². The summed E-state index contributed by atoms with van der Waals surface area (Å²) in [6.07, 6.45) is 1.76. The van der Waals surface area contributed by atoms with Gasteiger partial charge < -0.3 is 15.0 Å². The van der Waals surface area contributed by atoms with Crippen molar-refractivity contribution in [2.24, 2.45) is 0 Å². The zero-order valence-electron chi connectivity index (χ0n) is 22.2. The molecule has 204 valence electrons. The second kappa shape index (κ2) is 14.0. The van der Waals surface area contributed by atoms with Crippen LogP contribution in [0.5, 0.6) is 5.75 Å². The van der Waals surface area contributed by atoms with Crippen LogP contribution in [0.4, 0.5) is 10.1 Å². The lowest BCUT2D eigenvalue weighted by molar-refractivity contribution is -0.141. The van der Waals surface area contributed by atoms with Crippen molar-refractivity contribution in [1.82, 2.24) is 10.2 Å². The van der Waals surface area contributed by atoms with E-state index in [0.29, 0.717) is 30.0 Å². The minimum atomic E-state index is -3.65. The number of amides is 2. The molecule has 1 atom stereocenters. The zero-order valence-corrected chi connectivity index (χ0v) is 23.1. The molecular formula is C27H38FN3O5S. The first-order chi connectivity index (χ1) is 17.5. The van der Waals surface area contributed by atoms with Crippen LogP contribution in [0, 0.1) is 5.82 Å². The average molecular weight is 536 g/mol. The van der Waals surface area contributed by atoms with Crippen molar-refractivity contribution in [2.75, 3.05) is 23.7 Å². The van der Waals surface area contributed by atoms with Crippen LogP contribution in [0.2, 0.25) is 0 Å². The first kappa shape index (κ1) is 30.1. The van der Waals surface area contributed by atoms with Gasteiger partial charge in [0.15, 0.2) is 0 Å². The van der Waals surface area contributed by atoms with Crippen molar-refractivity contribution >= 4 is 27.5 Å². The number of carbonyl (C=O) groups is 2. The fourth-order valence-corrected chi connectivity index (χ4v) is 4.98. The number of anilines is 1. The van der Waals surface area contributed by atoms with Gasteiger partial charge in [-0.3, -0.25) is 13.9 Å². The largest absolute Gasteiger partial charge is 0.492 e. The van der Waals surface area contributed by atoms with Crippen molar-refractivity contribution < 1.29 is 27.1 Å². The summed E-state index contributed by atoms with van der Waals surface area (Å²) in [6, 6.07) is 11.8. The van der Waals surface area contributed by atoms with Crippen LogP contribution in [0.3, 0.4) is 0 Å². The van der Waals surface area contributed by atoms with Gasteiger partial charge in [0, 0.05) is 25.6 Å². The standard InChI is InChI=1S/C27H38FN3O5S/c1-6-23(27(33)29-20(3)4)30(19-21-14-16-22(28)17-15-21)26(32)13-10-18-31(37(5,34)35)24-11-8-9-12-25(24)36-7-2/h8-9,11-12,14-17,20,23H,6-7,10,13,18-19H2,1-5H3,(H,29,33)/t23-/m0/s1. The van der Waals surface area contributed by atoms with Crippen molar-refractivity contribution in [2.45, 2.75) is 65.6 Å². The smallest absolute Gasteiger partial charge is 0.243 e. The maximum Gasteiger partial charge on any atom is 0.243 e. The summed E-state index contributed by atoms with van der Waals surface area (Å²) in [6.45, 7) is 7.90. The van der Waals surface area contributed by atoms with Gasteiger partial charge in [-0.15, -0.1) is 0 Å². The molecule has 2 rings (SSSR count). The highest BCUT2D eigenvalue weighted by Gasteiger charge is 2.29. The predicted molar refractivity (Wildman–Crippen MR) is 143 cm³/mol. The highest BCUT2D eigenvalue weighted by atomic mass is 32.2. The predicted octanol–water partition coefficient (Wildman–Crippen LogP) is 4.10. The third-order valence-corrected chi connectivity index (χ3v) is 6.85. The molecule has 1 N–H and O–H groups in total. The van der Waals surface area contributed by atoms with Crippen molar-refractivity contribution in [1.29, 1.82) is 0 Å². The van der Waals surface area contributed by atoms with E-state index in [9.17, 15) is 22.4 Å². The Morgan fingerprint density at radius 3 is 2.27 bits per heavy atom. The van der Waals surface area contributed by atoms with Crippen molar-refractivity contribution in [3.05, 3.63) is 59.9 Å². The summed E-state index contributed by atoms with van der Waals surface area (Å²) in [7, 11) is -3.65. The Bertz CT molecular complexity index is 1140. The van der Waals surface area contributed by atoms with E-state index in [0.717, 1.165) is 6.26 Å². The van der Waals surface area contributed by atoms with E-state index < -0.39 is 16.1 Å². The Labute approximate surface area is 219 Å². The van der Waals surface area contributed by atoms with E-state index in [2.05, 4.69) is 5.32 Å². The normalized spacial score (nSPS) is 12.2. The number of benzene rings is 2. The lowest BCUT2D eigenvalue weighted by Crippen LogP contribution is -2.50. The molecule has 0 bridgehead atoms. The molecular weight excluding hydrogens is 497 g/mol. The van der Waals surface area contributed by atoms with Crippen LogP contribution in [0.15, 0.2) is 48.5 Å². The van der Waals surface area contributed by atoms with Gasteiger partial charge in [-0.2, -0.15) is 0 Å². The second-order valence-electron chi connectivity index (χ2n) is 9.07.